The summed E-state index contributed by atoms with van der Waals surface area (Å²) in [7, 11) is 1.54. The molecule has 0 saturated heterocycles. The van der Waals surface area contributed by atoms with Crippen LogP contribution in [0.2, 0.25) is 5.02 Å². The number of rotatable bonds is 9. The Bertz CT molecular complexity index is 1140. The van der Waals surface area contributed by atoms with Crippen molar-refractivity contribution < 1.29 is 23.8 Å². The molecule has 7 heteroatoms. The second-order valence-electron chi connectivity index (χ2n) is 8.12. The molecular formula is C27H28ClNO5. The molecule has 1 N–H and O–H groups in total. The van der Waals surface area contributed by atoms with Gasteiger partial charge < -0.3 is 19.5 Å². The lowest BCUT2D eigenvalue weighted by atomic mass is 10.0. The van der Waals surface area contributed by atoms with Gasteiger partial charge in [0.1, 0.15) is 11.5 Å². The van der Waals surface area contributed by atoms with Crippen LogP contribution >= 0.6 is 11.6 Å². The van der Waals surface area contributed by atoms with Crippen LogP contribution < -0.4 is 14.8 Å². The smallest absolute Gasteiger partial charge is 0.349 e. The average Bonchev–Trinajstić information content (AvgIpc) is 2.80. The minimum Gasteiger partial charge on any atom is -0.495 e. The van der Waals surface area contributed by atoms with E-state index in [0.717, 1.165) is 16.7 Å². The van der Waals surface area contributed by atoms with Gasteiger partial charge in [0.25, 0.3) is 0 Å². The van der Waals surface area contributed by atoms with E-state index in [0.29, 0.717) is 28.8 Å². The number of hydrogen-bond donors (Lipinski definition) is 1. The van der Waals surface area contributed by atoms with Crippen LogP contribution in [0.5, 0.6) is 11.5 Å². The molecule has 0 aliphatic carbocycles. The Morgan fingerprint density at radius 1 is 0.941 bits per heavy atom. The van der Waals surface area contributed by atoms with Gasteiger partial charge in [-0.1, -0.05) is 48.0 Å². The van der Waals surface area contributed by atoms with Crippen LogP contribution in [0.3, 0.4) is 0 Å². The quantitative estimate of drug-likeness (QED) is 0.384. The van der Waals surface area contributed by atoms with E-state index in [1.807, 2.05) is 48.5 Å². The number of halogens is 1. The van der Waals surface area contributed by atoms with Crippen molar-refractivity contribution in [2.24, 2.45) is 0 Å². The first-order chi connectivity index (χ1) is 16.2. The molecule has 0 fully saturated rings. The number of ether oxygens (including phenoxy) is 3. The predicted octanol–water partition coefficient (Wildman–Crippen LogP) is 5.92. The van der Waals surface area contributed by atoms with Gasteiger partial charge >= 0.3 is 5.97 Å². The number of benzene rings is 3. The molecule has 0 unspecified atom stereocenters. The van der Waals surface area contributed by atoms with Crippen LogP contribution in [0.1, 0.15) is 26.3 Å². The van der Waals surface area contributed by atoms with Gasteiger partial charge in [0.15, 0.2) is 5.60 Å². The van der Waals surface area contributed by atoms with E-state index in [9.17, 15) is 9.59 Å². The Kier molecular flexibility index (Phi) is 8.18. The molecule has 3 aromatic carbocycles. The molecule has 1 amide bonds. The summed E-state index contributed by atoms with van der Waals surface area (Å²) in [5, 5.41) is 3.36. The minimum atomic E-state index is -1.07. The summed E-state index contributed by atoms with van der Waals surface area (Å²) in [6.07, 6.45) is 0.214. The van der Waals surface area contributed by atoms with Crippen molar-refractivity contribution in [3.63, 3.8) is 0 Å². The predicted molar refractivity (Wildman–Crippen MR) is 134 cm³/mol. The number of methoxy groups -OCH3 is 1. The maximum absolute atomic E-state index is 12.5. The maximum atomic E-state index is 12.5. The van der Waals surface area contributed by atoms with E-state index in [-0.39, 0.29) is 12.3 Å². The minimum absolute atomic E-state index is 0.168. The molecule has 0 aliphatic rings. The van der Waals surface area contributed by atoms with Crippen molar-refractivity contribution in [3.05, 3.63) is 77.3 Å². The number of carbonyl (C=O) groups excluding carboxylic acids is 2. The van der Waals surface area contributed by atoms with Gasteiger partial charge in [-0.25, -0.2) is 4.79 Å². The van der Waals surface area contributed by atoms with Crippen LogP contribution in [-0.2, 0) is 20.7 Å². The summed E-state index contributed by atoms with van der Waals surface area (Å²) in [6, 6.07) is 20.3. The van der Waals surface area contributed by atoms with Crippen LogP contribution in [0, 0.1) is 0 Å². The van der Waals surface area contributed by atoms with Gasteiger partial charge in [-0.3, -0.25) is 4.79 Å². The molecule has 0 saturated carbocycles. The van der Waals surface area contributed by atoms with Crippen molar-refractivity contribution in [1.82, 2.24) is 0 Å². The molecular weight excluding hydrogens is 454 g/mol. The van der Waals surface area contributed by atoms with E-state index in [1.54, 1.807) is 39.0 Å². The molecule has 0 spiro atoms. The third kappa shape index (κ3) is 6.51. The summed E-state index contributed by atoms with van der Waals surface area (Å²) in [6.45, 7) is 5.42. The summed E-state index contributed by atoms with van der Waals surface area (Å²) < 4.78 is 16.1. The van der Waals surface area contributed by atoms with Gasteiger partial charge in [0.05, 0.1) is 25.8 Å². The highest BCUT2D eigenvalue weighted by Crippen LogP contribution is 2.28. The zero-order valence-corrected chi connectivity index (χ0v) is 20.4. The lowest BCUT2D eigenvalue weighted by Gasteiger charge is -2.24. The molecule has 6 nitrogen and oxygen atoms in total. The largest absolute Gasteiger partial charge is 0.495 e. The van der Waals surface area contributed by atoms with E-state index < -0.39 is 11.6 Å². The highest BCUT2D eigenvalue weighted by Gasteiger charge is 2.31. The molecule has 0 heterocycles. The number of carbonyl (C=O) groups is 2. The maximum Gasteiger partial charge on any atom is 0.349 e. The van der Waals surface area contributed by atoms with Gasteiger partial charge in [-0.05, 0) is 67.8 Å². The van der Waals surface area contributed by atoms with Crippen LogP contribution in [0.4, 0.5) is 5.69 Å². The Balaban J connectivity index is 1.62. The number of hydrogen-bond acceptors (Lipinski definition) is 5. The van der Waals surface area contributed by atoms with Gasteiger partial charge in [0, 0.05) is 5.02 Å². The lowest BCUT2D eigenvalue weighted by molar-refractivity contribution is -0.158. The van der Waals surface area contributed by atoms with E-state index in [1.165, 1.54) is 7.11 Å². The van der Waals surface area contributed by atoms with Crippen LogP contribution in [-0.4, -0.2) is 31.2 Å². The van der Waals surface area contributed by atoms with Crippen molar-refractivity contribution in [3.8, 4) is 22.6 Å². The molecule has 3 rings (SSSR count). The molecule has 0 radical (unpaired) electrons. The summed E-state index contributed by atoms with van der Waals surface area (Å²) in [5.74, 6) is 0.546. The fourth-order valence-corrected chi connectivity index (χ4v) is 3.50. The molecule has 178 valence electrons. The van der Waals surface area contributed by atoms with Crippen molar-refractivity contribution in [2.75, 3.05) is 19.0 Å². The van der Waals surface area contributed by atoms with Crippen molar-refractivity contribution >= 4 is 29.2 Å². The average molecular weight is 482 g/mol. The third-order valence-electron chi connectivity index (χ3n) is 5.08. The molecule has 0 aromatic heterocycles. The third-order valence-corrected chi connectivity index (χ3v) is 5.32. The zero-order chi connectivity index (χ0) is 24.7. The molecule has 0 bridgehead atoms. The van der Waals surface area contributed by atoms with E-state index >= 15 is 0 Å². The molecule has 0 aliphatic heterocycles. The van der Waals surface area contributed by atoms with Crippen molar-refractivity contribution in [1.29, 1.82) is 0 Å². The number of amides is 1. The highest BCUT2D eigenvalue weighted by molar-refractivity contribution is 6.31. The van der Waals surface area contributed by atoms with Crippen LogP contribution in [0.15, 0.2) is 66.7 Å². The summed E-state index contributed by atoms with van der Waals surface area (Å²) in [4.78, 5) is 24.5. The monoisotopic (exact) mass is 481 g/mol. The zero-order valence-electron chi connectivity index (χ0n) is 19.7. The van der Waals surface area contributed by atoms with Crippen molar-refractivity contribution in [2.45, 2.75) is 32.8 Å². The highest BCUT2D eigenvalue weighted by atomic mass is 35.5. The Hall–Kier alpha value is -3.51. The normalized spacial score (nSPS) is 11.0. The Labute approximate surface area is 204 Å². The first-order valence-electron chi connectivity index (χ1n) is 10.9. The first-order valence-corrected chi connectivity index (χ1v) is 11.3. The fourth-order valence-electron chi connectivity index (χ4n) is 3.33. The standard InChI is InChI=1S/C27H28ClNO5/c1-5-33-26(31)27(2,3)34-22-13-10-20(11-14-22)19-8-6-18(7-9-19)16-25(30)29-23-17-21(28)12-15-24(23)32-4/h6-15,17H,5,16H2,1-4H3,(H,29,30). The molecule has 0 atom stereocenters. The van der Waals surface area contributed by atoms with E-state index in [2.05, 4.69) is 5.32 Å². The van der Waals surface area contributed by atoms with E-state index in [4.69, 9.17) is 25.8 Å². The Morgan fingerprint density at radius 2 is 1.56 bits per heavy atom. The topological polar surface area (TPSA) is 73.9 Å². The summed E-state index contributed by atoms with van der Waals surface area (Å²) in [5.41, 5.74) is 2.32. The van der Waals surface area contributed by atoms with Crippen LogP contribution in [0.25, 0.3) is 11.1 Å². The van der Waals surface area contributed by atoms with Gasteiger partial charge in [0.2, 0.25) is 5.91 Å². The molecule has 3 aromatic rings. The number of esters is 1. The SMILES string of the molecule is CCOC(=O)C(C)(C)Oc1ccc(-c2ccc(CC(=O)Nc3cc(Cl)ccc3OC)cc2)cc1. The number of nitrogens with one attached hydrogen (secondary N) is 1. The summed E-state index contributed by atoms with van der Waals surface area (Å²) >= 11 is 6.03. The Morgan fingerprint density at radius 3 is 2.15 bits per heavy atom. The second-order valence-corrected chi connectivity index (χ2v) is 8.56. The number of anilines is 1. The van der Waals surface area contributed by atoms with Gasteiger partial charge in [-0.15, -0.1) is 0 Å². The van der Waals surface area contributed by atoms with Gasteiger partial charge in [-0.2, -0.15) is 0 Å². The second kappa shape index (κ2) is 11.1. The fraction of sp³-hybridized carbons (Fsp3) is 0.259. The first kappa shape index (κ1) is 25.1. The molecule has 34 heavy (non-hydrogen) atoms. The lowest BCUT2D eigenvalue weighted by Crippen LogP contribution is -2.39.